The minimum absolute atomic E-state index is 0.114. The number of thiazole rings is 1. The molecule has 4 bridgehead atoms. The summed E-state index contributed by atoms with van der Waals surface area (Å²) in [6.45, 7) is 5.32. The van der Waals surface area contributed by atoms with Gasteiger partial charge in [0.05, 0.1) is 41.5 Å². The Bertz CT molecular complexity index is 1900. The number of carbonyl (C=O) groups excluding carboxylic acids is 2. The van der Waals surface area contributed by atoms with Crippen LogP contribution in [0.15, 0.2) is 63.5 Å². The van der Waals surface area contributed by atoms with Gasteiger partial charge in [0.15, 0.2) is 4.80 Å². The number of esters is 2. The predicted molar refractivity (Wildman–Crippen MR) is 175 cm³/mol. The highest BCUT2D eigenvalue weighted by molar-refractivity contribution is 7.07. The van der Waals surface area contributed by atoms with Crippen molar-refractivity contribution in [1.82, 2.24) is 4.57 Å². The number of allylic oxidation sites excluding steroid dienone is 1. The van der Waals surface area contributed by atoms with Gasteiger partial charge in [-0.1, -0.05) is 41.7 Å². The molecule has 4 fully saturated rings. The molecule has 4 saturated carbocycles. The van der Waals surface area contributed by atoms with Gasteiger partial charge in [-0.3, -0.25) is 14.2 Å². The summed E-state index contributed by atoms with van der Waals surface area (Å²) in [4.78, 5) is 44.7. The van der Waals surface area contributed by atoms with Gasteiger partial charge in [0.2, 0.25) is 0 Å². The van der Waals surface area contributed by atoms with Gasteiger partial charge in [0, 0.05) is 5.56 Å². The summed E-state index contributed by atoms with van der Waals surface area (Å²) in [5, 5.41) is 11.0. The molecule has 0 radical (unpaired) electrons. The molecule has 5 aliphatic rings. The molecule has 0 spiro atoms. The Balaban J connectivity index is 1.31. The van der Waals surface area contributed by atoms with E-state index in [4.69, 9.17) is 14.5 Å². The monoisotopic (exact) mass is 640 g/mol. The Labute approximate surface area is 272 Å². The highest BCUT2D eigenvalue weighted by atomic mass is 32.1. The number of aromatic hydroxyl groups is 1. The maximum absolute atomic E-state index is 14.2. The molecule has 1 aliphatic heterocycles. The number of rotatable bonds is 7. The van der Waals surface area contributed by atoms with Crippen LogP contribution in [0.1, 0.15) is 87.6 Å². The summed E-state index contributed by atoms with van der Waals surface area (Å²) >= 11 is 1.24. The number of aromatic nitrogens is 1. The minimum Gasteiger partial charge on any atom is -0.507 e. The number of nitrogens with zero attached hydrogens (tertiary/aromatic N) is 2. The van der Waals surface area contributed by atoms with E-state index in [1.165, 1.54) is 62.5 Å². The Morgan fingerprint density at radius 2 is 1.72 bits per heavy atom. The molecule has 1 aromatic heterocycles. The van der Waals surface area contributed by atoms with Crippen LogP contribution in [-0.4, -0.2) is 34.8 Å². The van der Waals surface area contributed by atoms with Crippen LogP contribution in [0.25, 0.3) is 6.08 Å². The number of fused-ring (bicyclic) bond motifs is 1. The fraction of sp³-hybridized carbons (Fsp3) is 0.459. The number of ether oxygens (including phenoxy) is 2. The molecule has 4 aliphatic carbocycles. The van der Waals surface area contributed by atoms with Crippen LogP contribution in [-0.2, 0) is 30.9 Å². The number of phenols is 1. The SMILES string of the molecule is COC(=O)Cc1ccc([C@H]2C(C(=O)OC(C)C)=C(C)N=c3s/c(=C/c4cc(C56CC7CC(CC(C7)C5)C6)ccc4O)c(=O)n32)cc1. The summed E-state index contributed by atoms with van der Waals surface area (Å²) in [6, 6.07) is 12.4. The molecular weight excluding hydrogens is 600 g/mol. The third-order valence-electron chi connectivity index (χ3n) is 10.4. The zero-order valence-corrected chi connectivity index (χ0v) is 27.6. The largest absolute Gasteiger partial charge is 0.507 e. The van der Waals surface area contributed by atoms with Crippen LogP contribution in [0.2, 0.25) is 0 Å². The summed E-state index contributed by atoms with van der Waals surface area (Å²) in [5.41, 5.74) is 3.97. The molecule has 9 heteroatoms. The molecule has 0 amide bonds. The molecule has 8 rings (SSSR count). The average Bonchev–Trinajstić information content (AvgIpc) is 3.30. The van der Waals surface area contributed by atoms with Crippen molar-refractivity contribution in [1.29, 1.82) is 0 Å². The van der Waals surface area contributed by atoms with E-state index in [0.717, 1.165) is 23.3 Å². The van der Waals surface area contributed by atoms with Crippen LogP contribution >= 0.6 is 11.3 Å². The fourth-order valence-electron chi connectivity index (χ4n) is 8.84. The zero-order chi connectivity index (χ0) is 32.3. The summed E-state index contributed by atoms with van der Waals surface area (Å²) < 4.78 is 12.4. The molecular formula is C37H40N2O6S. The van der Waals surface area contributed by atoms with Crippen LogP contribution in [0.4, 0.5) is 0 Å². The molecule has 1 atom stereocenters. The summed E-state index contributed by atoms with van der Waals surface area (Å²) in [6.07, 6.45) is 9.21. The van der Waals surface area contributed by atoms with Crippen LogP contribution in [0.3, 0.4) is 0 Å². The molecule has 2 aromatic carbocycles. The van der Waals surface area contributed by atoms with Crippen molar-refractivity contribution in [3.63, 3.8) is 0 Å². The number of carbonyl (C=O) groups is 2. The molecule has 240 valence electrons. The summed E-state index contributed by atoms with van der Waals surface area (Å²) in [5.74, 6) is 1.63. The van der Waals surface area contributed by atoms with E-state index in [1.54, 1.807) is 49.6 Å². The normalized spacial score (nSPS) is 26.7. The van der Waals surface area contributed by atoms with E-state index < -0.39 is 12.0 Å². The lowest BCUT2D eigenvalue weighted by Gasteiger charge is -2.57. The maximum Gasteiger partial charge on any atom is 0.338 e. The van der Waals surface area contributed by atoms with E-state index in [9.17, 15) is 19.5 Å². The number of hydrogen-bond donors (Lipinski definition) is 1. The van der Waals surface area contributed by atoms with Gasteiger partial charge >= 0.3 is 11.9 Å². The topological polar surface area (TPSA) is 107 Å². The van der Waals surface area contributed by atoms with E-state index in [2.05, 4.69) is 12.1 Å². The molecule has 46 heavy (non-hydrogen) atoms. The van der Waals surface area contributed by atoms with Gasteiger partial charge in [0.25, 0.3) is 5.56 Å². The Morgan fingerprint density at radius 3 is 2.33 bits per heavy atom. The molecule has 0 saturated heterocycles. The number of methoxy groups -OCH3 is 1. The Hall–Kier alpha value is -3.98. The average molecular weight is 641 g/mol. The smallest absolute Gasteiger partial charge is 0.338 e. The van der Waals surface area contributed by atoms with E-state index in [1.807, 2.05) is 12.1 Å². The van der Waals surface area contributed by atoms with Gasteiger partial charge in [-0.05, 0) is 117 Å². The van der Waals surface area contributed by atoms with Crippen molar-refractivity contribution in [2.45, 2.75) is 83.3 Å². The lowest BCUT2D eigenvalue weighted by molar-refractivity contribution is -0.143. The first-order valence-corrected chi connectivity index (χ1v) is 17.1. The van der Waals surface area contributed by atoms with Crippen molar-refractivity contribution >= 4 is 29.4 Å². The first-order chi connectivity index (χ1) is 22.0. The zero-order valence-electron chi connectivity index (χ0n) is 26.7. The van der Waals surface area contributed by atoms with E-state index in [0.29, 0.717) is 31.7 Å². The lowest BCUT2D eigenvalue weighted by atomic mass is 9.48. The third-order valence-corrected chi connectivity index (χ3v) is 11.4. The number of benzene rings is 2. The highest BCUT2D eigenvalue weighted by Crippen LogP contribution is 2.60. The van der Waals surface area contributed by atoms with Gasteiger partial charge in [-0.15, -0.1) is 0 Å². The first kappa shape index (κ1) is 30.7. The van der Waals surface area contributed by atoms with E-state index >= 15 is 0 Å². The second-order valence-electron chi connectivity index (χ2n) is 14.0. The van der Waals surface area contributed by atoms with Crippen molar-refractivity contribution in [3.05, 3.63) is 95.7 Å². The lowest BCUT2D eigenvalue weighted by Crippen LogP contribution is -2.48. The van der Waals surface area contributed by atoms with Crippen molar-refractivity contribution in [2.75, 3.05) is 7.11 Å². The van der Waals surface area contributed by atoms with Crippen LogP contribution < -0.4 is 14.9 Å². The van der Waals surface area contributed by atoms with Gasteiger partial charge in [0.1, 0.15) is 5.75 Å². The van der Waals surface area contributed by atoms with E-state index in [-0.39, 0.29) is 35.2 Å². The molecule has 1 N–H and O–H groups in total. The summed E-state index contributed by atoms with van der Waals surface area (Å²) in [7, 11) is 1.35. The Morgan fingerprint density at radius 1 is 1.07 bits per heavy atom. The maximum atomic E-state index is 14.2. The third kappa shape index (κ3) is 5.42. The standard InChI is InChI=1S/C37H40N2O6S/c1-20(2)45-35(43)32-21(3)38-36-39(33(32)26-7-5-22(6-8-26)14-31(41)44-4)34(42)30(46-36)16-27-15-28(9-10-29(27)40)37-17-23-11-24(18-37)13-25(12-23)19-37/h5-10,15-16,20,23-25,33,40H,11-14,17-19H2,1-4H3/b30-16+/t23?,24?,25?,33-,37?/m0/s1. The van der Waals surface area contributed by atoms with Crippen molar-refractivity contribution < 1.29 is 24.2 Å². The van der Waals surface area contributed by atoms with Gasteiger partial charge in [-0.2, -0.15) is 0 Å². The molecule has 3 aromatic rings. The predicted octanol–water partition coefficient (Wildman–Crippen LogP) is 5.08. The second kappa shape index (κ2) is 11.7. The highest BCUT2D eigenvalue weighted by Gasteiger charge is 2.51. The number of phenolic OH excluding ortho intramolecular Hbond substituents is 1. The second-order valence-corrected chi connectivity index (χ2v) is 15.0. The fourth-order valence-corrected chi connectivity index (χ4v) is 9.88. The molecule has 0 unspecified atom stereocenters. The van der Waals surface area contributed by atoms with Crippen molar-refractivity contribution in [3.8, 4) is 5.75 Å². The van der Waals surface area contributed by atoms with Crippen LogP contribution in [0.5, 0.6) is 5.75 Å². The van der Waals surface area contributed by atoms with Crippen molar-refractivity contribution in [2.24, 2.45) is 22.7 Å². The van der Waals surface area contributed by atoms with Gasteiger partial charge in [-0.25, -0.2) is 9.79 Å². The quantitative estimate of drug-likeness (QED) is 0.362. The number of hydrogen-bond acceptors (Lipinski definition) is 8. The molecule has 8 nitrogen and oxygen atoms in total. The molecule has 2 heterocycles. The van der Waals surface area contributed by atoms with Gasteiger partial charge < -0.3 is 14.6 Å². The first-order valence-electron chi connectivity index (χ1n) is 16.3. The minimum atomic E-state index is -0.774. The van der Waals surface area contributed by atoms with Crippen LogP contribution in [0, 0.1) is 17.8 Å². The Kier molecular flexibility index (Phi) is 7.78.